The number of amides is 1. The zero-order valence-corrected chi connectivity index (χ0v) is 15.4. The molecule has 0 saturated heterocycles. The van der Waals surface area contributed by atoms with Gasteiger partial charge in [-0.3, -0.25) is 4.79 Å². The highest BCUT2D eigenvalue weighted by atomic mass is 79.9. The van der Waals surface area contributed by atoms with Crippen molar-refractivity contribution >= 4 is 27.5 Å². The maximum atomic E-state index is 12.6. The van der Waals surface area contributed by atoms with Crippen molar-refractivity contribution in [3.8, 4) is 0 Å². The third-order valence-corrected chi connectivity index (χ3v) is 5.49. The van der Waals surface area contributed by atoms with E-state index in [-0.39, 0.29) is 5.91 Å². The number of halogens is 1. The summed E-state index contributed by atoms with van der Waals surface area (Å²) in [5.41, 5.74) is 4.67. The van der Waals surface area contributed by atoms with Crippen LogP contribution in [0.5, 0.6) is 0 Å². The molecule has 1 amide bonds. The third-order valence-electron chi connectivity index (χ3n) is 4.71. The lowest BCUT2D eigenvalue weighted by molar-refractivity contribution is 0.0952. The van der Waals surface area contributed by atoms with E-state index in [1.165, 1.54) is 24.1 Å². The molecule has 25 heavy (non-hydrogen) atoms. The molecule has 2 heterocycles. The van der Waals surface area contributed by atoms with Gasteiger partial charge in [0.15, 0.2) is 5.65 Å². The topological polar surface area (TPSA) is 59.3 Å². The van der Waals surface area contributed by atoms with E-state index in [1.54, 1.807) is 6.20 Å². The van der Waals surface area contributed by atoms with E-state index < -0.39 is 0 Å². The fourth-order valence-electron chi connectivity index (χ4n) is 3.35. The third kappa shape index (κ3) is 3.18. The fourth-order valence-corrected chi connectivity index (χ4v) is 3.77. The van der Waals surface area contributed by atoms with Crippen LogP contribution in [0.4, 0.5) is 0 Å². The monoisotopic (exact) mass is 398 g/mol. The fraction of sp³-hybridized carbons (Fsp3) is 0.316. The van der Waals surface area contributed by atoms with Crippen LogP contribution in [-0.4, -0.2) is 20.5 Å². The van der Waals surface area contributed by atoms with Crippen LogP contribution in [-0.2, 0) is 19.4 Å². The van der Waals surface area contributed by atoms with Gasteiger partial charge in [-0.15, -0.1) is 0 Å². The first-order valence-electron chi connectivity index (χ1n) is 8.60. The van der Waals surface area contributed by atoms with Gasteiger partial charge in [-0.25, -0.2) is 9.50 Å². The Balaban J connectivity index is 1.60. The molecule has 2 aromatic heterocycles. The number of nitrogens with one attached hydrogen (secondary N) is 1. The number of nitrogens with zero attached hydrogens (tertiary/aromatic N) is 3. The second-order valence-corrected chi connectivity index (χ2v) is 7.21. The van der Waals surface area contributed by atoms with E-state index >= 15 is 0 Å². The normalized spacial score (nSPS) is 14.1. The second-order valence-electron chi connectivity index (χ2n) is 6.36. The van der Waals surface area contributed by atoms with Crippen LogP contribution in [0.25, 0.3) is 5.65 Å². The van der Waals surface area contributed by atoms with Crippen molar-refractivity contribution in [3.05, 3.63) is 63.5 Å². The average molecular weight is 399 g/mol. The molecule has 0 spiro atoms. The van der Waals surface area contributed by atoms with Crippen molar-refractivity contribution in [2.24, 2.45) is 0 Å². The van der Waals surface area contributed by atoms with Crippen molar-refractivity contribution in [3.63, 3.8) is 0 Å². The van der Waals surface area contributed by atoms with Crippen LogP contribution < -0.4 is 5.32 Å². The predicted molar refractivity (Wildman–Crippen MR) is 99.6 cm³/mol. The van der Waals surface area contributed by atoms with Gasteiger partial charge in [-0.05, 0) is 42.9 Å². The molecule has 5 nitrogen and oxygen atoms in total. The minimum atomic E-state index is -0.146. The highest BCUT2D eigenvalue weighted by Crippen LogP contribution is 2.22. The highest BCUT2D eigenvalue weighted by molar-refractivity contribution is 9.10. The first-order chi connectivity index (χ1) is 12.2. The summed E-state index contributed by atoms with van der Waals surface area (Å²) in [6.45, 7) is 0.461. The number of benzene rings is 1. The number of carbonyl (C=O) groups is 1. The van der Waals surface area contributed by atoms with Gasteiger partial charge in [0.2, 0.25) is 0 Å². The molecule has 0 unspecified atom stereocenters. The second kappa shape index (κ2) is 6.96. The molecule has 0 fully saturated rings. The molecule has 1 aliphatic carbocycles. The summed E-state index contributed by atoms with van der Waals surface area (Å²) in [4.78, 5) is 17.1. The van der Waals surface area contributed by atoms with E-state index in [0.717, 1.165) is 29.3 Å². The zero-order valence-electron chi connectivity index (χ0n) is 13.8. The molecule has 1 N–H and O–H groups in total. The predicted octanol–water partition coefficient (Wildman–Crippen LogP) is 3.69. The number of hydrogen-bond acceptors (Lipinski definition) is 3. The smallest absolute Gasteiger partial charge is 0.257 e. The number of rotatable bonds is 3. The molecular formula is C19H19BrN4O. The van der Waals surface area contributed by atoms with Gasteiger partial charge in [0.1, 0.15) is 5.56 Å². The van der Waals surface area contributed by atoms with E-state index in [9.17, 15) is 4.79 Å². The molecule has 128 valence electrons. The van der Waals surface area contributed by atoms with Crippen molar-refractivity contribution in [2.45, 2.75) is 38.6 Å². The Morgan fingerprint density at radius 1 is 1.16 bits per heavy atom. The molecule has 0 bridgehead atoms. The number of aryl methyl sites for hydroxylation is 2. The number of carbonyl (C=O) groups excluding carboxylic acids is 1. The zero-order chi connectivity index (χ0) is 17.2. The van der Waals surface area contributed by atoms with Crippen LogP contribution in [0.2, 0.25) is 0 Å². The maximum Gasteiger partial charge on any atom is 0.257 e. The van der Waals surface area contributed by atoms with Gasteiger partial charge in [-0.1, -0.05) is 40.5 Å². The van der Waals surface area contributed by atoms with Gasteiger partial charge >= 0.3 is 0 Å². The van der Waals surface area contributed by atoms with Gasteiger partial charge in [-0.2, -0.15) is 5.10 Å². The van der Waals surface area contributed by atoms with Crippen LogP contribution >= 0.6 is 15.9 Å². The SMILES string of the molecule is O=C(NCc1ccccc1Br)c1cnn2c3c(cnc12)CCCCC3. The standard InChI is InChI=1S/C19H19BrN4O/c20-16-8-5-4-6-13(16)10-22-19(25)15-12-23-24-17-9-3-1-2-7-14(17)11-21-18(15)24/h4-6,8,11-12H,1-3,7,9-10H2,(H,22,25). The minimum absolute atomic E-state index is 0.146. The molecule has 6 heteroatoms. The first-order valence-corrected chi connectivity index (χ1v) is 9.39. The number of aromatic nitrogens is 3. The number of fused-ring (bicyclic) bond motifs is 3. The summed E-state index contributed by atoms with van der Waals surface area (Å²) in [5.74, 6) is -0.146. The summed E-state index contributed by atoms with van der Waals surface area (Å²) >= 11 is 3.50. The number of hydrogen-bond donors (Lipinski definition) is 1. The molecule has 0 saturated carbocycles. The minimum Gasteiger partial charge on any atom is -0.348 e. The van der Waals surface area contributed by atoms with Crippen LogP contribution in [0.3, 0.4) is 0 Å². The van der Waals surface area contributed by atoms with E-state index in [4.69, 9.17) is 0 Å². The first kappa shape index (κ1) is 16.3. The Hall–Kier alpha value is -2.21. The summed E-state index contributed by atoms with van der Waals surface area (Å²) < 4.78 is 2.84. The van der Waals surface area contributed by atoms with Crippen molar-refractivity contribution < 1.29 is 4.79 Å². The maximum absolute atomic E-state index is 12.6. The lowest BCUT2D eigenvalue weighted by Gasteiger charge is -2.08. The van der Waals surface area contributed by atoms with Crippen molar-refractivity contribution in [2.75, 3.05) is 0 Å². The van der Waals surface area contributed by atoms with Crippen LogP contribution in [0, 0.1) is 0 Å². The lowest BCUT2D eigenvalue weighted by Crippen LogP contribution is -2.23. The van der Waals surface area contributed by atoms with Crippen LogP contribution in [0.15, 0.2) is 41.1 Å². The van der Waals surface area contributed by atoms with Crippen molar-refractivity contribution in [1.29, 1.82) is 0 Å². The molecule has 0 atom stereocenters. The average Bonchev–Trinajstić information content (AvgIpc) is 2.91. The quantitative estimate of drug-likeness (QED) is 0.684. The lowest BCUT2D eigenvalue weighted by atomic mass is 10.1. The molecule has 1 aromatic carbocycles. The van der Waals surface area contributed by atoms with E-state index in [2.05, 4.69) is 31.3 Å². The largest absolute Gasteiger partial charge is 0.348 e. The van der Waals surface area contributed by atoms with Gasteiger partial charge in [0, 0.05) is 22.9 Å². The van der Waals surface area contributed by atoms with Gasteiger partial charge < -0.3 is 5.32 Å². The van der Waals surface area contributed by atoms with Crippen LogP contribution in [0.1, 0.15) is 46.4 Å². The Morgan fingerprint density at radius 2 is 2.00 bits per heavy atom. The highest BCUT2D eigenvalue weighted by Gasteiger charge is 2.19. The molecular weight excluding hydrogens is 380 g/mol. The van der Waals surface area contributed by atoms with E-state index in [1.807, 2.05) is 35.0 Å². The molecule has 3 aromatic rings. The Kier molecular flexibility index (Phi) is 4.53. The molecule has 0 aliphatic heterocycles. The summed E-state index contributed by atoms with van der Waals surface area (Å²) in [7, 11) is 0. The summed E-state index contributed by atoms with van der Waals surface area (Å²) in [6.07, 6.45) is 9.17. The molecule has 4 rings (SSSR count). The summed E-state index contributed by atoms with van der Waals surface area (Å²) in [6, 6.07) is 7.86. The van der Waals surface area contributed by atoms with Crippen molar-refractivity contribution in [1.82, 2.24) is 19.9 Å². The Bertz CT molecular complexity index is 934. The Labute approximate surface area is 154 Å². The van der Waals surface area contributed by atoms with E-state index in [0.29, 0.717) is 17.8 Å². The Morgan fingerprint density at radius 3 is 2.88 bits per heavy atom. The summed E-state index contributed by atoms with van der Waals surface area (Å²) in [5, 5.41) is 7.42. The van der Waals surface area contributed by atoms with Gasteiger partial charge in [0.25, 0.3) is 5.91 Å². The molecule has 1 aliphatic rings. The van der Waals surface area contributed by atoms with Gasteiger partial charge in [0.05, 0.1) is 6.20 Å². The molecule has 0 radical (unpaired) electrons.